The molecule has 5 unspecified atom stereocenters. The third kappa shape index (κ3) is 3.63. The summed E-state index contributed by atoms with van der Waals surface area (Å²) < 4.78 is 7.07. The summed E-state index contributed by atoms with van der Waals surface area (Å²) >= 11 is 6.42. The van der Waals surface area contributed by atoms with E-state index in [2.05, 4.69) is 33.0 Å². The van der Waals surface area contributed by atoms with Crippen molar-refractivity contribution in [2.75, 3.05) is 4.90 Å². The standard InChI is InChI=1S/C31H23BrN2O4S2/c32-16-9-11-17(12-10-16)34-29(35)24-20-14-21(25(24)30(34)36)26-23(20)22(27-28(39-26)33-31(37)40-27)15-5-4-8-19(13-15)38-18-6-2-1-3-7-18/h1-13,20-26H,14H2,(H,33,37)/t20-,21-,22?,23?,24?,25?,26?/m1/s1. The summed E-state index contributed by atoms with van der Waals surface area (Å²) in [5.41, 5.74) is 1.71. The monoisotopic (exact) mass is 630 g/mol. The van der Waals surface area contributed by atoms with Gasteiger partial charge in [0.1, 0.15) is 11.5 Å². The van der Waals surface area contributed by atoms with Crippen molar-refractivity contribution >= 4 is 56.5 Å². The first kappa shape index (κ1) is 24.6. The van der Waals surface area contributed by atoms with Crippen molar-refractivity contribution in [3.05, 3.63) is 103 Å². The first-order chi connectivity index (χ1) is 19.5. The molecule has 2 aliphatic carbocycles. The maximum Gasteiger partial charge on any atom is 0.305 e. The number of aromatic amines is 1. The number of anilines is 1. The molecular weight excluding hydrogens is 608 g/mol. The Bertz CT molecular complexity index is 1720. The first-order valence-corrected chi connectivity index (χ1v) is 15.8. The van der Waals surface area contributed by atoms with Gasteiger partial charge in [0.2, 0.25) is 11.8 Å². The number of carbonyl (C=O) groups excluding carboxylic acids is 2. The number of hydrogen-bond acceptors (Lipinski definition) is 6. The van der Waals surface area contributed by atoms with Gasteiger partial charge in [-0.05, 0) is 78.3 Å². The Morgan fingerprint density at radius 1 is 0.850 bits per heavy atom. The van der Waals surface area contributed by atoms with Gasteiger partial charge in [0.15, 0.2) is 0 Å². The molecule has 3 heterocycles. The quantitative estimate of drug-likeness (QED) is 0.255. The number of para-hydroxylation sites is 1. The SMILES string of the molecule is O=C1C2C(C(=O)N1c1ccc(Br)cc1)[C@@H]1C[C@H]2C2Sc3[nH]c(=O)sc3C(c3cccc(Oc4ccccc4)c3)C21. The van der Waals surface area contributed by atoms with Crippen LogP contribution >= 0.6 is 39.0 Å². The van der Waals surface area contributed by atoms with Crippen LogP contribution < -0.4 is 14.5 Å². The number of ether oxygens (including phenoxy) is 1. The lowest BCUT2D eigenvalue weighted by Crippen LogP contribution is -2.42. The zero-order valence-electron chi connectivity index (χ0n) is 21.0. The molecule has 0 radical (unpaired) electrons. The highest BCUT2D eigenvalue weighted by molar-refractivity contribution is 9.10. The topological polar surface area (TPSA) is 79.5 Å². The van der Waals surface area contributed by atoms with Crippen LogP contribution in [0.3, 0.4) is 0 Å². The summed E-state index contributed by atoms with van der Waals surface area (Å²) in [6.45, 7) is 0. The number of carbonyl (C=O) groups is 2. The molecule has 9 heteroatoms. The number of fused-ring (bicyclic) bond motifs is 9. The average Bonchev–Trinajstić information content (AvgIpc) is 3.69. The molecule has 3 aromatic carbocycles. The van der Waals surface area contributed by atoms with Crippen LogP contribution in [0.1, 0.15) is 22.8 Å². The van der Waals surface area contributed by atoms with E-state index in [1.807, 2.05) is 66.7 Å². The first-order valence-electron chi connectivity index (χ1n) is 13.3. The maximum atomic E-state index is 13.9. The molecule has 2 amide bonds. The van der Waals surface area contributed by atoms with Crippen LogP contribution in [0.25, 0.3) is 0 Å². The molecule has 1 N–H and O–H groups in total. The van der Waals surface area contributed by atoms with Crippen molar-refractivity contribution in [2.24, 2.45) is 29.6 Å². The Hall–Kier alpha value is -3.14. The third-order valence-electron chi connectivity index (χ3n) is 9.00. The minimum atomic E-state index is -0.327. The molecule has 200 valence electrons. The maximum absolute atomic E-state index is 13.9. The Labute approximate surface area is 246 Å². The van der Waals surface area contributed by atoms with E-state index < -0.39 is 0 Å². The molecular formula is C31H23BrN2O4S2. The minimum absolute atomic E-state index is 0.0508. The number of aromatic nitrogens is 1. The third-order valence-corrected chi connectivity index (χ3v) is 12.1. The summed E-state index contributed by atoms with van der Waals surface area (Å²) in [5, 5.41) is 1.05. The van der Waals surface area contributed by atoms with Crippen LogP contribution in [0.5, 0.6) is 11.5 Å². The van der Waals surface area contributed by atoms with Gasteiger partial charge in [-0.3, -0.25) is 19.3 Å². The van der Waals surface area contributed by atoms with Gasteiger partial charge in [-0.25, -0.2) is 0 Å². The molecule has 3 fully saturated rings. The van der Waals surface area contributed by atoms with Crippen molar-refractivity contribution in [3.63, 3.8) is 0 Å². The Morgan fingerprint density at radius 3 is 2.35 bits per heavy atom. The van der Waals surface area contributed by atoms with Gasteiger partial charge < -0.3 is 9.72 Å². The lowest BCUT2D eigenvalue weighted by molar-refractivity contribution is -0.123. The lowest BCUT2D eigenvalue weighted by Gasteiger charge is -2.43. The van der Waals surface area contributed by atoms with Crippen LogP contribution in [0.4, 0.5) is 5.69 Å². The number of thioether (sulfide) groups is 1. The van der Waals surface area contributed by atoms with Gasteiger partial charge >= 0.3 is 4.87 Å². The Kier molecular flexibility index (Phi) is 5.66. The zero-order valence-corrected chi connectivity index (χ0v) is 24.2. The van der Waals surface area contributed by atoms with Gasteiger partial charge in [-0.15, -0.1) is 11.8 Å². The van der Waals surface area contributed by atoms with Gasteiger partial charge in [-0.1, -0.05) is 57.6 Å². The fourth-order valence-corrected chi connectivity index (χ4v) is 10.8. The average molecular weight is 632 g/mol. The van der Waals surface area contributed by atoms with Gasteiger partial charge in [0.25, 0.3) is 0 Å². The molecule has 4 aliphatic rings. The normalized spacial score (nSPS) is 29.8. The number of thiazole rings is 1. The van der Waals surface area contributed by atoms with E-state index in [0.717, 1.165) is 37.9 Å². The highest BCUT2D eigenvalue weighted by atomic mass is 79.9. The molecule has 2 saturated carbocycles. The number of imide groups is 1. The number of nitrogens with zero attached hydrogens (tertiary/aromatic N) is 1. The second kappa shape index (κ2) is 9.19. The largest absolute Gasteiger partial charge is 0.457 e. The highest BCUT2D eigenvalue weighted by Crippen LogP contribution is 2.68. The van der Waals surface area contributed by atoms with Crippen LogP contribution in [-0.4, -0.2) is 22.0 Å². The Morgan fingerprint density at radius 2 is 1.57 bits per heavy atom. The molecule has 0 spiro atoms. The number of nitrogens with one attached hydrogen (secondary N) is 1. The van der Waals surface area contributed by atoms with E-state index in [-0.39, 0.29) is 57.4 Å². The fourth-order valence-electron chi connectivity index (χ4n) is 7.63. The van der Waals surface area contributed by atoms with Gasteiger partial charge in [0, 0.05) is 20.5 Å². The minimum Gasteiger partial charge on any atom is -0.457 e. The second-order valence-electron chi connectivity index (χ2n) is 10.9. The van der Waals surface area contributed by atoms with E-state index in [1.165, 1.54) is 16.2 Å². The summed E-state index contributed by atoms with van der Waals surface area (Å²) in [4.78, 5) is 45.7. The second-order valence-corrected chi connectivity index (χ2v) is 14.1. The predicted octanol–water partition coefficient (Wildman–Crippen LogP) is 6.67. The lowest BCUT2D eigenvalue weighted by atomic mass is 9.68. The molecule has 7 atom stereocenters. The number of halogens is 1. The van der Waals surface area contributed by atoms with Crippen LogP contribution in [0, 0.1) is 29.6 Å². The number of rotatable bonds is 4. The number of benzene rings is 3. The smallest absolute Gasteiger partial charge is 0.305 e. The van der Waals surface area contributed by atoms with Crippen molar-refractivity contribution < 1.29 is 14.3 Å². The molecule has 6 nitrogen and oxygen atoms in total. The fraction of sp³-hybridized carbons (Fsp3) is 0.258. The van der Waals surface area contributed by atoms with Crippen molar-refractivity contribution in [1.29, 1.82) is 0 Å². The summed E-state index contributed by atoms with van der Waals surface area (Å²) in [6, 6.07) is 25.2. The molecule has 1 aromatic heterocycles. The number of hydrogen-bond donors (Lipinski definition) is 1. The van der Waals surface area contributed by atoms with Crippen LogP contribution in [0.2, 0.25) is 0 Å². The zero-order chi connectivity index (χ0) is 27.1. The molecule has 8 rings (SSSR count). The number of H-pyrrole nitrogens is 1. The van der Waals surface area contributed by atoms with E-state index in [4.69, 9.17) is 4.74 Å². The van der Waals surface area contributed by atoms with Crippen LogP contribution in [0.15, 0.2) is 93.2 Å². The predicted molar refractivity (Wildman–Crippen MR) is 158 cm³/mol. The summed E-state index contributed by atoms with van der Waals surface area (Å²) in [5.74, 6) is 0.940. The molecule has 1 saturated heterocycles. The summed E-state index contributed by atoms with van der Waals surface area (Å²) in [6.07, 6.45) is 0.860. The molecule has 2 aliphatic heterocycles. The van der Waals surface area contributed by atoms with E-state index in [9.17, 15) is 14.4 Å². The van der Waals surface area contributed by atoms with E-state index >= 15 is 0 Å². The highest BCUT2D eigenvalue weighted by Gasteiger charge is 2.69. The van der Waals surface area contributed by atoms with Crippen molar-refractivity contribution in [1.82, 2.24) is 4.98 Å². The molecule has 2 bridgehead atoms. The molecule has 40 heavy (non-hydrogen) atoms. The van der Waals surface area contributed by atoms with Gasteiger partial charge in [0.05, 0.1) is 22.5 Å². The van der Waals surface area contributed by atoms with Crippen molar-refractivity contribution in [2.45, 2.75) is 22.6 Å². The van der Waals surface area contributed by atoms with Crippen LogP contribution in [-0.2, 0) is 9.59 Å². The Balaban J connectivity index is 1.19. The van der Waals surface area contributed by atoms with E-state index in [1.54, 1.807) is 11.8 Å². The van der Waals surface area contributed by atoms with Crippen molar-refractivity contribution in [3.8, 4) is 11.5 Å². The summed E-state index contributed by atoms with van der Waals surface area (Å²) in [7, 11) is 0. The van der Waals surface area contributed by atoms with E-state index in [0.29, 0.717) is 5.69 Å². The number of amides is 2. The van der Waals surface area contributed by atoms with Gasteiger partial charge in [-0.2, -0.15) is 0 Å². The molecule has 4 aromatic rings.